The molecule has 0 saturated heterocycles. The van der Waals surface area contributed by atoms with Gasteiger partial charge in [-0.25, -0.2) is 0 Å². The quantitative estimate of drug-likeness (QED) is 0.768. The monoisotopic (exact) mass is 282 g/mol. The van der Waals surface area contributed by atoms with Crippen molar-refractivity contribution in [3.8, 4) is 6.01 Å². The van der Waals surface area contributed by atoms with Gasteiger partial charge in [0.25, 0.3) is 5.91 Å². The molecule has 2 heterocycles. The summed E-state index contributed by atoms with van der Waals surface area (Å²) in [5.41, 5.74) is 1.72. The molecule has 1 aromatic carbocycles. The molecule has 21 heavy (non-hydrogen) atoms. The van der Waals surface area contributed by atoms with E-state index >= 15 is 0 Å². The highest BCUT2D eigenvalue weighted by atomic mass is 16.5. The van der Waals surface area contributed by atoms with Crippen LogP contribution in [0, 0.1) is 0 Å². The first kappa shape index (κ1) is 13.1. The number of rotatable bonds is 5. The van der Waals surface area contributed by atoms with Crippen LogP contribution in [0.1, 0.15) is 5.56 Å². The lowest BCUT2D eigenvalue weighted by atomic mass is 10.2. The standard InChI is InChI=1S/C15H14N4O2/c20-14(16-10-12-6-2-1-3-7-12)11-21-15-18-17-13-8-4-5-9-19(13)15/h1-9H,10-11H2,(H,16,20). The topological polar surface area (TPSA) is 68.5 Å². The number of pyridine rings is 1. The van der Waals surface area contributed by atoms with Crippen LogP contribution < -0.4 is 10.1 Å². The number of carbonyl (C=O) groups excluding carboxylic acids is 1. The number of ether oxygens (including phenoxy) is 1. The van der Waals surface area contributed by atoms with Gasteiger partial charge in [-0.3, -0.25) is 9.20 Å². The van der Waals surface area contributed by atoms with Crippen LogP contribution in [0.15, 0.2) is 54.7 Å². The van der Waals surface area contributed by atoms with Crippen LogP contribution in [-0.2, 0) is 11.3 Å². The van der Waals surface area contributed by atoms with Crippen molar-refractivity contribution >= 4 is 11.6 Å². The van der Waals surface area contributed by atoms with Gasteiger partial charge in [0.05, 0.1) is 0 Å². The summed E-state index contributed by atoms with van der Waals surface area (Å²) in [5.74, 6) is -0.202. The fourth-order valence-electron chi connectivity index (χ4n) is 1.90. The molecule has 1 N–H and O–H groups in total. The van der Waals surface area contributed by atoms with Gasteiger partial charge in [0.15, 0.2) is 12.3 Å². The number of fused-ring (bicyclic) bond motifs is 1. The zero-order chi connectivity index (χ0) is 14.5. The molecule has 6 heteroatoms. The van der Waals surface area contributed by atoms with Crippen LogP contribution in [0.2, 0.25) is 0 Å². The molecule has 3 rings (SSSR count). The first-order valence-electron chi connectivity index (χ1n) is 6.56. The Morgan fingerprint density at radius 3 is 2.76 bits per heavy atom. The summed E-state index contributed by atoms with van der Waals surface area (Å²) in [6.45, 7) is 0.381. The number of hydrogen-bond donors (Lipinski definition) is 1. The normalized spacial score (nSPS) is 10.5. The summed E-state index contributed by atoms with van der Waals surface area (Å²) < 4.78 is 7.07. The summed E-state index contributed by atoms with van der Waals surface area (Å²) in [7, 11) is 0. The van der Waals surface area contributed by atoms with Gasteiger partial charge in [-0.05, 0) is 17.7 Å². The number of carbonyl (C=O) groups is 1. The second kappa shape index (κ2) is 6.04. The first-order chi connectivity index (χ1) is 10.3. The third kappa shape index (κ3) is 3.17. The summed E-state index contributed by atoms with van der Waals surface area (Å²) in [4.78, 5) is 11.8. The van der Waals surface area contributed by atoms with Crippen LogP contribution in [-0.4, -0.2) is 27.1 Å². The van der Waals surface area contributed by atoms with Gasteiger partial charge in [0.2, 0.25) is 0 Å². The average molecular weight is 282 g/mol. The van der Waals surface area contributed by atoms with E-state index in [1.807, 2.05) is 48.5 Å². The Morgan fingerprint density at radius 1 is 1.10 bits per heavy atom. The fourth-order valence-corrected chi connectivity index (χ4v) is 1.90. The van der Waals surface area contributed by atoms with Crippen molar-refractivity contribution in [3.63, 3.8) is 0 Å². The van der Waals surface area contributed by atoms with Crippen molar-refractivity contribution in [1.29, 1.82) is 0 Å². The minimum absolute atomic E-state index is 0.0947. The van der Waals surface area contributed by atoms with Crippen LogP contribution in [0.25, 0.3) is 5.65 Å². The molecule has 0 saturated carbocycles. The van der Waals surface area contributed by atoms with E-state index in [4.69, 9.17) is 4.74 Å². The van der Waals surface area contributed by atoms with Gasteiger partial charge in [0, 0.05) is 12.7 Å². The van der Waals surface area contributed by atoms with Gasteiger partial charge in [-0.2, -0.15) is 0 Å². The molecule has 0 atom stereocenters. The maximum absolute atomic E-state index is 11.8. The van der Waals surface area contributed by atoms with Crippen LogP contribution in [0.5, 0.6) is 6.01 Å². The Morgan fingerprint density at radius 2 is 1.90 bits per heavy atom. The molecule has 6 nitrogen and oxygen atoms in total. The Kier molecular flexibility index (Phi) is 3.77. The second-order valence-corrected chi connectivity index (χ2v) is 4.46. The van der Waals surface area contributed by atoms with E-state index in [0.29, 0.717) is 18.2 Å². The van der Waals surface area contributed by atoms with E-state index in [9.17, 15) is 4.79 Å². The van der Waals surface area contributed by atoms with Gasteiger partial charge >= 0.3 is 6.01 Å². The summed E-state index contributed by atoms with van der Waals surface area (Å²) in [6.07, 6.45) is 1.78. The van der Waals surface area contributed by atoms with E-state index in [-0.39, 0.29) is 12.5 Å². The molecule has 1 amide bonds. The van der Waals surface area contributed by atoms with Crippen molar-refractivity contribution in [3.05, 3.63) is 60.3 Å². The summed E-state index contributed by atoms with van der Waals surface area (Å²) in [5, 5.41) is 10.6. The molecular formula is C15H14N4O2. The number of amides is 1. The molecule has 0 fully saturated rings. The molecule has 2 aromatic heterocycles. The predicted molar refractivity (Wildman–Crippen MR) is 76.8 cm³/mol. The molecule has 3 aromatic rings. The third-order valence-corrected chi connectivity index (χ3v) is 2.95. The Hall–Kier alpha value is -2.89. The number of benzene rings is 1. The Labute approximate surface area is 121 Å². The number of aromatic nitrogens is 3. The number of hydrogen-bond acceptors (Lipinski definition) is 4. The lowest BCUT2D eigenvalue weighted by Crippen LogP contribution is -2.28. The van der Waals surface area contributed by atoms with Crippen molar-refractivity contribution in [2.45, 2.75) is 6.54 Å². The highest BCUT2D eigenvalue weighted by molar-refractivity contribution is 5.77. The fraction of sp³-hybridized carbons (Fsp3) is 0.133. The molecule has 0 aliphatic heterocycles. The first-order valence-corrected chi connectivity index (χ1v) is 6.56. The Balaban J connectivity index is 1.54. The van der Waals surface area contributed by atoms with Crippen molar-refractivity contribution < 1.29 is 9.53 Å². The highest BCUT2D eigenvalue weighted by Gasteiger charge is 2.08. The van der Waals surface area contributed by atoms with Gasteiger partial charge in [0.1, 0.15) is 0 Å². The average Bonchev–Trinajstić information content (AvgIpc) is 2.95. The van der Waals surface area contributed by atoms with Crippen LogP contribution >= 0.6 is 0 Å². The zero-order valence-electron chi connectivity index (χ0n) is 11.3. The molecule has 106 valence electrons. The highest BCUT2D eigenvalue weighted by Crippen LogP contribution is 2.09. The lowest BCUT2D eigenvalue weighted by molar-refractivity contribution is -0.123. The van der Waals surface area contributed by atoms with E-state index in [0.717, 1.165) is 5.56 Å². The van der Waals surface area contributed by atoms with Crippen LogP contribution in [0.3, 0.4) is 0 Å². The minimum atomic E-state index is -0.202. The van der Waals surface area contributed by atoms with E-state index in [2.05, 4.69) is 15.5 Å². The van der Waals surface area contributed by atoms with E-state index in [1.54, 1.807) is 10.6 Å². The number of nitrogens with one attached hydrogen (secondary N) is 1. The molecule has 0 aliphatic carbocycles. The van der Waals surface area contributed by atoms with Gasteiger partial charge in [-0.15, -0.1) is 5.10 Å². The van der Waals surface area contributed by atoms with E-state index < -0.39 is 0 Å². The maximum Gasteiger partial charge on any atom is 0.322 e. The lowest BCUT2D eigenvalue weighted by Gasteiger charge is -2.06. The molecule has 0 aliphatic rings. The Bertz CT molecular complexity index is 740. The number of nitrogens with zero attached hydrogens (tertiary/aromatic N) is 3. The SMILES string of the molecule is O=C(COc1nnc2ccccn12)NCc1ccccc1. The van der Waals surface area contributed by atoms with Gasteiger partial charge in [-0.1, -0.05) is 41.5 Å². The molecule has 0 spiro atoms. The molecular weight excluding hydrogens is 268 g/mol. The zero-order valence-corrected chi connectivity index (χ0v) is 11.3. The van der Waals surface area contributed by atoms with Gasteiger partial charge < -0.3 is 10.1 Å². The molecule has 0 bridgehead atoms. The molecule has 0 radical (unpaired) electrons. The summed E-state index contributed by atoms with van der Waals surface area (Å²) >= 11 is 0. The minimum Gasteiger partial charge on any atom is -0.453 e. The van der Waals surface area contributed by atoms with Crippen LogP contribution in [0.4, 0.5) is 0 Å². The smallest absolute Gasteiger partial charge is 0.322 e. The largest absolute Gasteiger partial charge is 0.453 e. The van der Waals surface area contributed by atoms with Crippen molar-refractivity contribution in [2.24, 2.45) is 0 Å². The van der Waals surface area contributed by atoms with Crippen molar-refractivity contribution in [2.75, 3.05) is 6.61 Å². The predicted octanol–water partition coefficient (Wildman–Crippen LogP) is 1.42. The third-order valence-electron chi connectivity index (χ3n) is 2.95. The maximum atomic E-state index is 11.8. The molecule has 0 unspecified atom stereocenters. The van der Waals surface area contributed by atoms with Crippen molar-refractivity contribution in [1.82, 2.24) is 19.9 Å². The summed E-state index contributed by atoms with van der Waals surface area (Å²) in [6, 6.07) is 15.5. The van der Waals surface area contributed by atoms with E-state index in [1.165, 1.54) is 0 Å². The second-order valence-electron chi connectivity index (χ2n) is 4.46.